The Hall–Kier alpha value is -0.890. The zero-order chi connectivity index (χ0) is 15.4. The number of hydrogen-bond acceptors (Lipinski definition) is 3. The van der Waals surface area contributed by atoms with Crippen LogP contribution in [0.4, 0.5) is 0 Å². The lowest BCUT2D eigenvalue weighted by Gasteiger charge is -2.24. The van der Waals surface area contributed by atoms with Crippen LogP contribution in [0.15, 0.2) is 39.7 Å². The molecule has 1 aliphatic rings. The number of guanidine groups is 1. The van der Waals surface area contributed by atoms with Crippen LogP contribution in [0.2, 0.25) is 0 Å². The van der Waals surface area contributed by atoms with E-state index in [0.717, 1.165) is 29.2 Å². The molecule has 1 aliphatic heterocycles. The zero-order valence-corrected chi connectivity index (χ0v) is 16.7. The van der Waals surface area contributed by atoms with Gasteiger partial charge in [-0.25, -0.2) is 0 Å². The van der Waals surface area contributed by atoms with Crippen molar-refractivity contribution in [3.8, 4) is 0 Å². The smallest absolute Gasteiger partial charge is 0.191 e. The number of fused-ring (bicyclic) bond motifs is 1. The van der Waals surface area contributed by atoms with Crippen LogP contribution in [0.3, 0.4) is 0 Å². The first-order valence-corrected chi connectivity index (χ1v) is 8.73. The van der Waals surface area contributed by atoms with Gasteiger partial charge in [0.05, 0.1) is 6.54 Å². The fraction of sp³-hybridized carbons (Fsp3) is 0.471. The number of nitrogens with one attached hydrogen (secondary N) is 2. The van der Waals surface area contributed by atoms with E-state index in [0.29, 0.717) is 11.3 Å². The first-order chi connectivity index (χ1) is 10.7. The highest BCUT2D eigenvalue weighted by atomic mass is 127. The van der Waals surface area contributed by atoms with Crippen LogP contribution in [-0.4, -0.2) is 30.1 Å². The number of benzene rings is 1. The fourth-order valence-electron chi connectivity index (χ4n) is 2.76. The van der Waals surface area contributed by atoms with Crippen molar-refractivity contribution in [3.63, 3.8) is 0 Å². The van der Waals surface area contributed by atoms with Gasteiger partial charge in [-0.15, -0.1) is 24.0 Å². The highest BCUT2D eigenvalue weighted by Gasteiger charge is 2.29. The Balaban J connectivity index is 0.00000192. The molecule has 4 nitrogen and oxygen atoms in total. The highest BCUT2D eigenvalue weighted by Crippen LogP contribution is 2.36. The van der Waals surface area contributed by atoms with Crippen LogP contribution >= 0.6 is 35.7 Å². The van der Waals surface area contributed by atoms with Gasteiger partial charge in [0, 0.05) is 23.7 Å². The molecule has 3 rings (SSSR count). The third-order valence-corrected chi connectivity index (χ3v) is 5.60. The van der Waals surface area contributed by atoms with E-state index in [9.17, 15) is 0 Å². The summed E-state index contributed by atoms with van der Waals surface area (Å²) >= 11 is 2.05. The molecular formula is C17H24IN3OS. The van der Waals surface area contributed by atoms with Crippen molar-refractivity contribution in [2.24, 2.45) is 4.99 Å². The average Bonchev–Trinajstić information content (AvgIpc) is 3.13. The van der Waals surface area contributed by atoms with E-state index in [1.807, 2.05) is 18.2 Å². The van der Waals surface area contributed by atoms with Crippen molar-refractivity contribution >= 4 is 52.7 Å². The fourth-order valence-corrected chi connectivity index (χ4v) is 4.01. The summed E-state index contributed by atoms with van der Waals surface area (Å²) in [5, 5.41) is 7.89. The SMILES string of the molecule is CN=C(NCc1cc2ccccc2o1)NCC1(C)CCCS1.I. The summed E-state index contributed by atoms with van der Waals surface area (Å²) in [6, 6.07) is 10.1. The van der Waals surface area contributed by atoms with Gasteiger partial charge in [-0.05, 0) is 37.7 Å². The van der Waals surface area contributed by atoms with Crippen molar-refractivity contribution in [1.29, 1.82) is 0 Å². The Morgan fingerprint density at radius 3 is 2.87 bits per heavy atom. The van der Waals surface area contributed by atoms with Crippen molar-refractivity contribution in [2.75, 3.05) is 19.3 Å². The number of nitrogens with zero attached hydrogens (tertiary/aromatic N) is 1. The molecule has 1 atom stereocenters. The van der Waals surface area contributed by atoms with Gasteiger partial charge in [-0.2, -0.15) is 11.8 Å². The molecule has 6 heteroatoms. The molecule has 2 N–H and O–H groups in total. The van der Waals surface area contributed by atoms with Crippen LogP contribution in [0.25, 0.3) is 11.0 Å². The lowest BCUT2D eigenvalue weighted by atomic mass is 10.1. The van der Waals surface area contributed by atoms with Gasteiger partial charge in [0.25, 0.3) is 0 Å². The van der Waals surface area contributed by atoms with Gasteiger partial charge in [0.1, 0.15) is 11.3 Å². The molecule has 0 bridgehead atoms. The predicted molar refractivity (Wildman–Crippen MR) is 110 cm³/mol. The predicted octanol–water partition coefficient (Wildman–Crippen LogP) is 4.00. The van der Waals surface area contributed by atoms with E-state index in [2.05, 4.69) is 46.4 Å². The largest absolute Gasteiger partial charge is 0.459 e. The maximum atomic E-state index is 5.81. The first kappa shape index (κ1) is 18.4. The van der Waals surface area contributed by atoms with E-state index < -0.39 is 0 Å². The minimum absolute atomic E-state index is 0. The quantitative estimate of drug-likeness (QED) is 0.425. The lowest BCUT2D eigenvalue weighted by molar-refractivity contribution is 0.535. The molecule has 0 saturated carbocycles. The van der Waals surface area contributed by atoms with Crippen LogP contribution in [-0.2, 0) is 6.54 Å². The molecule has 126 valence electrons. The summed E-state index contributed by atoms with van der Waals surface area (Å²) in [5.74, 6) is 3.02. The van der Waals surface area contributed by atoms with Gasteiger partial charge in [-0.1, -0.05) is 18.2 Å². The summed E-state index contributed by atoms with van der Waals surface area (Å²) in [4.78, 5) is 4.29. The van der Waals surface area contributed by atoms with Crippen molar-refractivity contribution in [3.05, 3.63) is 36.1 Å². The zero-order valence-electron chi connectivity index (χ0n) is 13.6. The minimum Gasteiger partial charge on any atom is -0.459 e. The van der Waals surface area contributed by atoms with Crippen LogP contribution < -0.4 is 10.6 Å². The topological polar surface area (TPSA) is 49.6 Å². The number of aliphatic imine (C=N–C) groups is 1. The van der Waals surface area contributed by atoms with Crippen molar-refractivity contribution in [1.82, 2.24) is 10.6 Å². The molecular weight excluding hydrogens is 421 g/mol. The molecule has 2 aromatic rings. The summed E-state index contributed by atoms with van der Waals surface area (Å²) in [6.07, 6.45) is 2.58. The van der Waals surface area contributed by atoms with E-state index >= 15 is 0 Å². The second-order valence-corrected chi connectivity index (χ2v) is 7.61. The van der Waals surface area contributed by atoms with E-state index in [4.69, 9.17) is 4.42 Å². The minimum atomic E-state index is 0. The number of hydrogen-bond donors (Lipinski definition) is 2. The molecule has 1 aromatic carbocycles. The monoisotopic (exact) mass is 445 g/mol. The standard InChI is InChI=1S/C17H23N3OS.HI/c1-17(8-5-9-22-17)12-20-16(18-2)19-11-14-10-13-6-3-4-7-15(13)21-14;/h3-4,6-7,10H,5,8-9,11-12H2,1-2H3,(H2,18,19,20);1H. The molecule has 0 aliphatic carbocycles. The van der Waals surface area contributed by atoms with Crippen LogP contribution in [0, 0.1) is 0 Å². The van der Waals surface area contributed by atoms with Crippen LogP contribution in [0.1, 0.15) is 25.5 Å². The Morgan fingerprint density at radius 2 is 2.17 bits per heavy atom. The maximum Gasteiger partial charge on any atom is 0.191 e. The molecule has 23 heavy (non-hydrogen) atoms. The Bertz CT molecular complexity index is 632. The van der Waals surface area contributed by atoms with Gasteiger partial charge < -0.3 is 15.1 Å². The van der Waals surface area contributed by atoms with Gasteiger partial charge in [-0.3, -0.25) is 4.99 Å². The average molecular weight is 445 g/mol. The molecule has 1 unspecified atom stereocenters. The molecule has 2 heterocycles. The first-order valence-electron chi connectivity index (χ1n) is 7.74. The van der Waals surface area contributed by atoms with Gasteiger partial charge >= 0.3 is 0 Å². The van der Waals surface area contributed by atoms with Gasteiger partial charge in [0.2, 0.25) is 0 Å². The number of para-hydroxylation sites is 1. The molecule has 1 aromatic heterocycles. The second-order valence-electron chi connectivity index (χ2n) is 5.93. The Labute approximate surface area is 158 Å². The molecule has 1 saturated heterocycles. The van der Waals surface area contributed by atoms with E-state index in [1.165, 1.54) is 18.6 Å². The molecule has 0 spiro atoms. The molecule has 0 amide bonds. The van der Waals surface area contributed by atoms with Crippen LogP contribution in [0.5, 0.6) is 0 Å². The number of thioether (sulfide) groups is 1. The van der Waals surface area contributed by atoms with E-state index in [-0.39, 0.29) is 24.0 Å². The Kier molecular flexibility index (Phi) is 6.64. The van der Waals surface area contributed by atoms with Gasteiger partial charge in [0.15, 0.2) is 5.96 Å². The lowest BCUT2D eigenvalue weighted by Crippen LogP contribution is -2.43. The molecule has 0 radical (unpaired) electrons. The normalized spacial score (nSPS) is 21.2. The summed E-state index contributed by atoms with van der Waals surface area (Å²) in [5.41, 5.74) is 0.928. The molecule has 1 fully saturated rings. The third-order valence-electron chi connectivity index (χ3n) is 4.06. The summed E-state index contributed by atoms with van der Waals surface area (Å²) < 4.78 is 6.14. The Morgan fingerprint density at radius 1 is 1.35 bits per heavy atom. The second kappa shape index (κ2) is 8.28. The number of furan rings is 1. The van der Waals surface area contributed by atoms with E-state index in [1.54, 1.807) is 7.05 Å². The third kappa shape index (κ3) is 4.79. The maximum absolute atomic E-state index is 5.81. The van der Waals surface area contributed by atoms with Crippen molar-refractivity contribution < 1.29 is 4.42 Å². The van der Waals surface area contributed by atoms with Crippen molar-refractivity contribution in [2.45, 2.75) is 31.1 Å². The highest BCUT2D eigenvalue weighted by molar-refractivity contribution is 14.0. The number of rotatable bonds is 4. The summed E-state index contributed by atoms with van der Waals surface area (Å²) in [6.45, 7) is 3.90. The summed E-state index contributed by atoms with van der Waals surface area (Å²) in [7, 11) is 1.80. The number of halogens is 1.